The minimum absolute atomic E-state index is 0.154. The van der Waals surface area contributed by atoms with Gasteiger partial charge in [0.25, 0.3) is 0 Å². The maximum absolute atomic E-state index is 6.84. The first-order chi connectivity index (χ1) is 25.2. The Hall–Kier alpha value is -6.12. The van der Waals surface area contributed by atoms with Crippen molar-refractivity contribution < 1.29 is 8.83 Å². The number of aryl methyl sites for hydroxylation is 1. The van der Waals surface area contributed by atoms with E-state index in [4.69, 9.17) is 8.83 Å². The summed E-state index contributed by atoms with van der Waals surface area (Å²) in [7, 11) is 0. The van der Waals surface area contributed by atoms with Gasteiger partial charge in [0.1, 0.15) is 22.5 Å². The molecule has 6 aromatic carbocycles. The van der Waals surface area contributed by atoms with E-state index in [2.05, 4.69) is 165 Å². The van der Waals surface area contributed by atoms with Crippen LogP contribution in [0.3, 0.4) is 0 Å². The third-order valence-electron chi connectivity index (χ3n) is 10.8. The molecule has 0 bridgehead atoms. The van der Waals surface area contributed by atoms with Crippen molar-refractivity contribution in [1.82, 2.24) is 0 Å². The molecule has 2 aliphatic carbocycles. The largest absolute Gasteiger partial charge is 0.456 e. The molecule has 2 aliphatic rings. The third-order valence-corrected chi connectivity index (χ3v) is 10.8. The second kappa shape index (κ2) is 12.0. The fourth-order valence-electron chi connectivity index (χ4n) is 8.48. The molecule has 2 heterocycles. The first-order valence-electron chi connectivity index (χ1n) is 18.0. The summed E-state index contributed by atoms with van der Waals surface area (Å²) in [6.45, 7) is 2.31. The first-order valence-corrected chi connectivity index (χ1v) is 18.0. The number of rotatable bonds is 3. The van der Waals surface area contributed by atoms with Gasteiger partial charge in [0.15, 0.2) is 0 Å². The lowest BCUT2D eigenvalue weighted by molar-refractivity contribution is 0.593. The van der Waals surface area contributed by atoms with Crippen LogP contribution in [-0.4, -0.2) is 0 Å². The molecular weight excluding hydrogens is 621 g/mol. The molecule has 0 saturated heterocycles. The lowest BCUT2D eigenvalue weighted by Gasteiger charge is -2.18. The molecule has 0 saturated carbocycles. The summed E-state index contributed by atoms with van der Waals surface area (Å²) in [6.07, 6.45) is 16.1. The van der Waals surface area contributed by atoms with Gasteiger partial charge in [0, 0.05) is 27.6 Å². The van der Waals surface area contributed by atoms with E-state index in [1.54, 1.807) is 0 Å². The summed E-state index contributed by atoms with van der Waals surface area (Å²) in [5.74, 6) is 1.12. The predicted molar refractivity (Wildman–Crippen MR) is 213 cm³/mol. The van der Waals surface area contributed by atoms with E-state index in [1.807, 2.05) is 0 Å². The van der Waals surface area contributed by atoms with Crippen molar-refractivity contribution in [1.29, 1.82) is 0 Å². The van der Waals surface area contributed by atoms with Crippen molar-refractivity contribution in [2.45, 2.75) is 26.2 Å². The Kier molecular flexibility index (Phi) is 7.02. The second-order valence-corrected chi connectivity index (χ2v) is 13.8. The summed E-state index contributed by atoms with van der Waals surface area (Å²) >= 11 is 0. The first kappa shape index (κ1) is 29.8. The molecule has 2 heteroatoms. The van der Waals surface area contributed by atoms with Crippen LogP contribution in [-0.2, 0) is 6.42 Å². The Morgan fingerprint density at radius 3 is 2.31 bits per heavy atom. The number of fused-ring (bicyclic) bond motifs is 8. The maximum Gasteiger partial charge on any atom is 0.146 e. The van der Waals surface area contributed by atoms with Gasteiger partial charge in [-0.25, -0.2) is 0 Å². The summed E-state index contributed by atoms with van der Waals surface area (Å²) in [6, 6.07) is 44.0. The minimum Gasteiger partial charge on any atom is -0.456 e. The molecule has 8 aromatic rings. The van der Waals surface area contributed by atoms with Crippen LogP contribution in [0.4, 0.5) is 0 Å². The average Bonchev–Trinajstić information content (AvgIpc) is 3.74. The number of hydrogen-bond donors (Lipinski definition) is 0. The topological polar surface area (TPSA) is 26.3 Å². The smallest absolute Gasteiger partial charge is 0.146 e. The minimum atomic E-state index is 0.154. The SMILES string of the molecule is CC1/C=C\C=C/C/C(c2c3oc4c(c3cc3c2oc2ccccc23)CCC=C4)=c2/cccc/c2=C/1c1cccc(-c2cccc3ccccc23)c1. The third kappa shape index (κ3) is 4.86. The Bertz CT molecular complexity index is 2900. The van der Waals surface area contributed by atoms with Gasteiger partial charge in [-0.15, -0.1) is 0 Å². The highest BCUT2D eigenvalue weighted by atomic mass is 16.3. The van der Waals surface area contributed by atoms with E-state index >= 15 is 0 Å². The van der Waals surface area contributed by atoms with Gasteiger partial charge in [0.05, 0.1) is 5.56 Å². The number of para-hydroxylation sites is 1. The van der Waals surface area contributed by atoms with Crippen molar-refractivity contribution in [3.63, 3.8) is 0 Å². The van der Waals surface area contributed by atoms with Crippen molar-refractivity contribution in [3.8, 4) is 11.1 Å². The zero-order chi connectivity index (χ0) is 33.9. The van der Waals surface area contributed by atoms with Gasteiger partial charge in [0.2, 0.25) is 0 Å². The standard InChI is InChI=1S/C49H36O2/c1-31-15-3-2-4-24-41(47-48-42(38-22-9-11-27-44(38)50-48)30-43-39-23-10-12-28-45(39)51-49(43)47)37-21-7-8-25-40(37)46(31)34-19-13-18-33(29-34)36-26-14-17-32-16-5-6-20-35(32)36/h2-9,11-22,25-31H,10,23-24H2,1H3/b4-2-,15-3-,41-37+,46-40+. The number of allylic oxidation sites excluding steroid dienone is 5. The van der Waals surface area contributed by atoms with Gasteiger partial charge >= 0.3 is 0 Å². The van der Waals surface area contributed by atoms with Crippen molar-refractivity contribution in [2.75, 3.05) is 0 Å². The summed E-state index contributed by atoms with van der Waals surface area (Å²) < 4.78 is 13.7. The van der Waals surface area contributed by atoms with E-state index in [1.165, 1.54) is 60.0 Å². The van der Waals surface area contributed by atoms with Crippen molar-refractivity contribution in [2.24, 2.45) is 5.92 Å². The van der Waals surface area contributed by atoms with Crippen LogP contribution < -0.4 is 10.4 Å². The molecule has 2 nitrogen and oxygen atoms in total. The lowest BCUT2D eigenvalue weighted by Crippen LogP contribution is -2.31. The van der Waals surface area contributed by atoms with Gasteiger partial charge in [-0.3, -0.25) is 0 Å². The quantitative estimate of drug-likeness (QED) is 0.189. The maximum atomic E-state index is 6.84. The van der Waals surface area contributed by atoms with E-state index in [0.717, 1.165) is 58.1 Å². The van der Waals surface area contributed by atoms with E-state index in [-0.39, 0.29) is 5.92 Å². The molecule has 0 fully saturated rings. The van der Waals surface area contributed by atoms with E-state index < -0.39 is 0 Å². The highest BCUT2D eigenvalue weighted by molar-refractivity contribution is 6.15. The highest BCUT2D eigenvalue weighted by Crippen LogP contribution is 2.43. The Morgan fingerprint density at radius 1 is 0.608 bits per heavy atom. The normalized spacial score (nSPS) is 19.4. The Morgan fingerprint density at radius 2 is 1.37 bits per heavy atom. The van der Waals surface area contributed by atoms with Crippen LogP contribution in [0, 0.1) is 5.92 Å². The second-order valence-electron chi connectivity index (χ2n) is 13.8. The molecule has 1 unspecified atom stereocenters. The molecule has 51 heavy (non-hydrogen) atoms. The Labute approximate surface area is 296 Å². The molecule has 0 radical (unpaired) electrons. The highest BCUT2D eigenvalue weighted by Gasteiger charge is 2.25. The molecule has 0 N–H and O–H groups in total. The van der Waals surface area contributed by atoms with Crippen LogP contribution in [0.25, 0.3) is 72.0 Å². The monoisotopic (exact) mass is 656 g/mol. The van der Waals surface area contributed by atoms with Crippen LogP contribution in [0.2, 0.25) is 0 Å². The van der Waals surface area contributed by atoms with Gasteiger partial charge < -0.3 is 8.83 Å². The number of furan rings is 2. The summed E-state index contributed by atoms with van der Waals surface area (Å²) in [5, 5.41) is 8.41. The van der Waals surface area contributed by atoms with Gasteiger partial charge in [-0.2, -0.15) is 0 Å². The lowest BCUT2D eigenvalue weighted by atomic mass is 9.86. The molecule has 0 aliphatic heterocycles. The average molecular weight is 657 g/mol. The summed E-state index contributed by atoms with van der Waals surface area (Å²) in [5.41, 5.74) is 11.2. The molecule has 1 atom stereocenters. The predicted octanol–water partition coefficient (Wildman–Crippen LogP) is 11.7. The van der Waals surface area contributed by atoms with Crippen LogP contribution in [0.1, 0.15) is 42.2 Å². The van der Waals surface area contributed by atoms with Gasteiger partial charge in [-0.05, 0) is 92.6 Å². The Balaban J connectivity index is 1.33. The molecule has 244 valence electrons. The fraction of sp³-hybridized carbons (Fsp3) is 0.102. The molecule has 0 amide bonds. The fourth-order valence-corrected chi connectivity index (χ4v) is 8.48. The van der Waals surface area contributed by atoms with Crippen LogP contribution in [0.5, 0.6) is 0 Å². The zero-order valence-corrected chi connectivity index (χ0v) is 28.5. The molecule has 0 spiro atoms. The number of hydrogen-bond acceptors (Lipinski definition) is 2. The molecule has 2 aromatic heterocycles. The van der Waals surface area contributed by atoms with Crippen LogP contribution >= 0.6 is 0 Å². The van der Waals surface area contributed by atoms with Crippen molar-refractivity contribution in [3.05, 3.63) is 185 Å². The number of benzene rings is 6. The molecular formula is C49H36O2. The molecule has 10 rings (SSSR count). The summed E-state index contributed by atoms with van der Waals surface area (Å²) in [4.78, 5) is 0. The van der Waals surface area contributed by atoms with Crippen molar-refractivity contribution >= 4 is 60.9 Å². The zero-order valence-electron chi connectivity index (χ0n) is 28.5. The van der Waals surface area contributed by atoms with E-state index in [9.17, 15) is 0 Å². The van der Waals surface area contributed by atoms with Crippen LogP contribution in [0.15, 0.2) is 161 Å². The van der Waals surface area contributed by atoms with E-state index in [0.29, 0.717) is 0 Å². The van der Waals surface area contributed by atoms with Gasteiger partial charge in [-0.1, -0.05) is 140 Å².